The number of para-hydroxylation sites is 1. The van der Waals surface area contributed by atoms with Crippen LogP contribution in [0.5, 0.6) is 0 Å². The molecule has 0 atom stereocenters. The Hall–Kier alpha value is -2.09. The van der Waals surface area contributed by atoms with Crippen LogP contribution >= 0.6 is 0 Å². The highest BCUT2D eigenvalue weighted by Crippen LogP contribution is 2.19. The number of allylic oxidation sites excluding steroid dienone is 4. The number of rotatable bonds is 1. The number of hydrogen-bond acceptors (Lipinski definition) is 1. The fraction of sp³-hybridized carbons (Fsp3) is 0.133. The van der Waals surface area contributed by atoms with Gasteiger partial charge >= 0.3 is 0 Å². The summed E-state index contributed by atoms with van der Waals surface area (Å²) < 4.78 is 2.08. The number of hydrogen-bond donors (Lipinski definition) is 0. The lowest BCUT2D eigenvalue weighted by molar-refractivity contribution is 1.01. The molecule has 0 bridgehead atoms. The largest absolute Gasteiger partial charge is 0.317 e. The van der Waals surface area contributed by atoms with E-state index >= 15 is 0 Å². The van der Waals surface area contributed by atoms with Crippen LogP contribution in [0.4, 0.5) is 0 Å². The van der Waals surface area contributed by atoms with Crippen LogP contribution in [-0.2, 0) is 0 Å². The Morgan fingerprint density at radius 1 is 1.06 bits per heavy atom. The minimum atomic E-state index is 0.0808. The lowest BCUT2D eigenvalue weighted by Crippen LogP contribution is -2.07. The Labute approximate surface area is 99.5 Å². The van der Waals surface area contributed by atoms with Crippen LogP contribution in [0.2, 0.25) is 0 Å². The number of nitrogens with zero attached hydrogens (tertiary/aromatic N) is 1. The fourth-order valence-corrected chi connectivity index (χ4v) is 2.21. The van der Waals surface area contributed by atoms with Crippen molar-refractivity contribution >= 4 is 16.6 Å². The molecule has 2 nitrogen and oxygen atoms in total. The zero-order valence-corrected chi connectivity index (χ0v) is 9.47. The molecule has 84 valence electrons. The summed E-state index contributed by atoms with van der Waals surface area (Å²) in [6, 6.07) is 9.36. The lowest BCUT2D eigenvalue weighted by Gasteiger charge is -2.13. The molecule has 0 unspecified atom stereocenters. The zero-order chi connectivity index (χ0) is 11.7. The Balaban J connectivity index is 2.31. The van der Waals surface area contributed by atoms with Crippen molar-refractivity contribution < 1.29 is 0 Å². The third kappa shape index (κ3) is 1.72. The van der Waals surface area contributed by atoms with Gasteiger partial charge in [0, 0.05) is 23.3 Å². The summed E-state index contributed by atoms with van der Waals surface area (Å²) in [6.45, 7) is 0. The monoisotopic (exact) mass is 223 g/mol. The normalized spacial score (nSPS) is 14.9. The average molecular weight is 223 g/mol. The predicted octanol–water partition coefficient (Wildman–Crippen LogP) is 3.19. The van der Waals surface area contributed by atoms with Crippen LogP contribution < -0.4 is 5.43 Å². The first-order valence-corrected chi connectivity index (χ1v) is 5.84. The average Bonchev–Trinajstić information content (AvgIpc) is 2.41. The highest BCUT2D eigenvalue weighted by molar-refractivity contribution is 5.83. The molecule has 1 aliphatic carbocycles. The van der Waals surface area contributed by atoms with E-state index in [4.69, 9.17) is 0 Å². The lowest BCUT2D eigenvalue weighted by atomic mass is 10.1. The highest BCUT2D eigenvalue weighted by atomic mass is 16.1. The van der Waals surface area contributed by atoms with E-state index in [0.717, 1.165) is 29.4 Å². The topological polar surface area (TPSA) is 22.0 Å². The molecule has 2 aromatic rings. The number of aromatic nitrogens is 1. The number of benzene rings is 1. The van der Waals surface area contributed by atoms with E-state index in [9.17, 15) is 4.79 Å². The molecule has 2 heteroatoms. The molecule has 1 aromatic carbocycles. The third-order valence-electron chi connectivity index (χ3n) is 3.06. The number of fused-ring (bicyclic) bond motifs is 1. The molecular weight excluding hydrogens is 210 g/mol. The molecule has 0 spiro atoms. The van der Waals surface area contributed by atoms with Crippen molar-refractivity contribution in [3.05, 3.63) is 65.0 Å². The minimum absolute atomic E-state index is 0.0808. The van der Waals surface area contributed by atoms with Crippen molar-refractivity contribution in [3.8, 4) is 0 Å². The fourth-order valence-electron chi connectivity index (χ4n) is 2.21. The maximum atomic E-state index is 11.8. The Morgan fingerprint density at radius 3 is 2.76 bits per heavy atom. The van der Waals surface area contributed by atoms with Crippen LogP contribution in [0.25, 0.3) is 16.6 Å². The van der Waals surface area contributed by atoms with Crippen LogP contribution in [0.15, 0.2) is 59.6 Å². The summed E-state index contributed by atoms with van der Waals surface area (Å²) in [5, 5.41) is 0.773. The van der Waals surface area contributed by atoms with Gasteiger partial charge in [-0.2, -0.15) is 0 Å². The Bertz CT molecular complexity index is 677. The van der Waals surface area contributed by atoms with E-state index in [0.29, 0.717) is 0 Å². The van der Waals surface area contributed by atoms with Crippen molar-refractivity contribution in [2.24, 2.45) is 0 Å². The van der Waals surface area contributed by atoms with Gasteiger partial charge in [-0.15, -0.1) is 0 Å². The van der Waals surface area contributed by atoms with Crippen LogP contribution in [0, 0.1) is 0 Å². The zero-order valence-electron chi connectivity index (χ0n) is 9.47. The molecule has 3 rings (SSSR count). The van der Waals surface area contributed by atoms with E-state index in [-0.39, 0.29) is 5.43 Å². The van der Waals surface area contributed by atoms with Gasteiger partial charge in [0.05, 0.1) is 5.52 Å². The van der Waals surface area contributed by atoms with Gasteiger partial charge in [0.2, 0.25) is 0 Å². The molecule has 1 heterocycles. The molecule has 1 aliphatic rings. The first kappa shape index (κ1) is 10.1. The molecule has 0 N–H and O–H groups in total. The van der Waals surface area contributed by atoms with E-state index in [2.05, 4.69) is 22.8 Å². The second-order valence-electron chi connectivity index (χ2n) is 4.18. The summed E-state index contributed by atoms with van der Waals surface area (Å²) in [6.07, 6.45) is 10.5. The first-order chi connectivity index (χ1) is 8.36. The van der Waals surface area contributed by atoms with Crippen molar-refractivity contribution in [1.82, 2.24) is 4.57 Å². The van der Waals surface area contributed by atoms with Crippen LogP contribution in [0.1, 0.15) is 12.8 Å². The molecule has 0 aliphatic heterocycles. The number of pyridine rings is 1. The maximum Gasteiger partial charge on any atom is 0.189 e. The summed E-state index contributed by atoms with van der Waals surface area (Å²) in [5.41, 5.74) is 2.20. The summed E-state index contributed by atoms with van der Waals surface area (Å²) in [7, 11) is 0. The molecule has 0 amide bonds. The molecule has 0 radical (unpaired) electrons. The first-order valence-electron chi connectivity index (χ1n) is 5.84. The van der Waals surface area contributed by atoms with Crippen molar-refractivity contribution in [2.75, 3.05) is 0 Å². The van der Waals surface area contributed by atoms with E-state index < -0.39 is 0 Å². The maximum absolute atomic E-state index is 11.8. The molecule has 0 saturated heterocycles. The molecule has 17 heavy (non-hydrogen) atoms. The highest BCUT2D eigenvalue weighted by Gasteiger charge is 2.05. The van der Waals surface area contributed by atoms with Crippen molar-refractivity contribution in [1.29, 1.82) is 0 Å². The van der Waals surface area contributed by atoms with Gasteiger partial charge in [-0.05, 0) is 31.1 Å². The van der Waals surface area contributed by atoms with Crippen LogP contribution in [0.3, 0.4) is 0 Å². The van der Waals surface area contributed by atoms with E-state index in [1.807, 2.05) is 30.5 Å². The van der Waals surface area contributed by atoms with Gasteiger partial charge in [-0.1, -0.05) is 24.3 Å². The SMILES string of the molecule is O=c1ccn(C2=CCCC=C2)c2ccccc12. The van der Waals surface area contributed by atoms with Crippen molar-refractivity contribution in [3.63, 3.8) is 0 Å². The molecule has 1 aromatic heterocycles. The third-order valence-corrected chi connectivity index (χ3v) is 3.06. The second-order valence-corrected chi connectivity index (χ2v) is 4.18. The quantitative estimate of drug-likeness (QED) is 0.727. The van der Waals surface area contributed by atoms with Crippen LogP contribution in [-0.4, -0.2) is 4.57 Å². The van der Waals surface area contributed by atoms with Gasteiger partial charge in [0.1, 0.15) is 0 Å². The summed E-state index contributed by atoms with van der Waals surface area (Å²) in [5.74, 6) is 0. The standard InChI is InChI=1S/C15H13NO/c17-15-10-11-16(12-6-2-1-3-7-12)14-9-5-4-8-13(14)15/h2,4-11H,1,3H2. The second kappa shape index (κ2) is 4.06. The van der Waals surface area contributed by atoms with E-state index in [1.165, 1.54) is 0 Å². The van der Waals surface area contributed by atoms with Gasteiger partial charge in [0.15, 0.2) is 5.43 Å². The van der Waals surface area contributed by atoms with Gasteiger partial charge < -0.3 is 4.57 Å². The van der Waals surface area contributed by atoms with Gasteiger partial charge in [-0.25, -0.2) is 0 Å². The molecule has 0 saturated carbocycles. The van der Waals surface area contributed by atoms with E-state index in [1.54, 1.807) is 6.07 Å². The predicted molar refractivity (Wildman–Crippen MR) is 70.9 cm³/mol. The minimum Gasteiger partial charge on any atom is -0.317 e. The molecular formula is C15H13NO. The Kier molecular flexibility index (Phi) is 2.41. The van der Waals surface area contributed by atoms with Gasteiger partial charge in [-0.3, -0.25) is 4.79 Å². The Morgan fingerprint density at radius 2 is 1.94 bits per heavy atom. The summed E-state index contributed by atoms with van der Waals surface area (Å²) in [4.78, 5) is 11.8. The summed E-state index contributed by atoms with van der Waals surface area (Å²) >= 11 is 0. The van der Waals surface area contributed by atoms with Crippen molar-refractivity contribution in [2.45, 2.75) is 12.8 Å². The smallest absolute Gasteiger partial charge is 0.189 e. The van der Waals surface area contributed by atoms with Gasteiger partial charge in [0.25, 0.3) is 0 Å². The molecule has 0 fully saturated rings.